The van der Waals surface area contributed by atoms with Crippen LogP contribution in [0.3, 0.4) is 0 Å². The van der Waals surface area contributed by atoms with E-state index in [2.05, 4.69) is 5.10 Å². The Morgan fingerprint density at radius 3 is 2.56 bits per heavy atom. The normalized spacial score (nSPS) is 10.8. The van der Waals surface area contributed by atoms with Crippen LogP contribution in [0.1, 0.15) is 11.9 Å². The Morgan fingerprint density at radius 1 is 1.25 bits per heavy atom. The summed E-state index contributed by atoms with van der Waals surface area (Å²) in [5.41, 5.74) is 0.242. The molecule has 0 atom stereocenters. The summed E-state index contributed by atoms with van der Waals surface area (Å²) in [6.07, 6.45) is -0.226. The highest BCUT2D eigenvalue weighted by Crippen LogP contribution is 2.27. The molecule has 2 rings (SSSR count). The lowest BCUT2D eigenvalue weighted by Crippen LogP contribution is -2.00. The highest BCUT2D eigenvalue weighted by atomic mass is 16.5. The minimum absolute atomic E-state index is 0.242. The second-order valence-corrected chi connectivity index (χ2v) is 3.32. The van der Waals surface area contributed by atoms with Crippen LogP contribution < -0.4 is 4.74 Å². The van der Waals surface area contributed by atoms with Gasteiger partial charge in [0.1, 0.15) is 5.75 Å². The number of benzene rings is 1. The van der Waals surface area contributed by atoms with Crippen molar-refractivity contribution in [2.75, 3.05) is 0 Å². The highest BCUT2D eigenvalue weighted by molar-refractivity contribution is 5.32. The molecule has 0 amide bonds. The van der Waals surface area contributed by atoms with Gasteiger partial charge in [0.25, 0.3) is 0 Å². The molecule has 0 spiro atoms. The van der Waals surface area contributed by atoms with Crippen LogP contribution in [0.15, 0.2) is 36.5 Å². The van der Waals surface area contributed by atoms with Crippen LogP contribution in [0.25, 0.3) is 0 Å². The van der Waals surface area contributed by atoms with Crippen LogP contribution >= 0.6 is 0 Å². The Balaban J connectivity index is 2.31. The molecular weight excluding hydrogens is 208 g/mol. The predicted octanol–water partition coefficient (Wildman–Crippen LogP) is 1.20. The summed E-state index contributed by atoms with van der Waals surface area (Å²) in [4.78, 5) is 0. The number of aromatic nitrogens is 2. The summed E-state index contributed by atoms with van der Waals surface area (Å²) in [5, 5.41) is 22.1. The molecule has 5 heteroatoms. The van der Waals surface area contributed by atoms with Crippen LogP contribution in [0.4, 0.5) is 0 Å². The summed E-state index contributed by atoms with van der Waals surface area (Å²) >= 11 is 0. The fourth-order valence-electron chi connectivity index (χ4n) is 1.35. The van der Waals surface area contributed by atoms with Crippen molar-refractivity contribution in [3.63, 3.8) is 0 Å². The third kappa shape index (κ3) is 2.05. The van der Waals surface area contributed by atoms with E-state index in [-0.39, 0.29) is 5.56 Å². The summed E-state index contributed by atoms with van der Waals surface area (Å²) in [7, 11) is 1.67. The fraction of sp³-hybridized carbons (Fsp3) is 0.182. The van der Waals surface area contributed by atoms with Gasteiger partial charge in [0.05, 0.1) is 11.8 Å². The molecule has 0 unspecified atom stereocenters. The van der Waals surface area contributed by atoms with Crippen LogP contribution in [0.2, 0.25) is 0 Å². The molecule has 2 N–H and O–H groups in total. The van der Waals surface area contributed by atoms with Crippen molar-refractivity contribution in [2.24, 2.45) is 7.05 Å². The minimum Gasteiger partial charge on any atom is -0.439 e. The van der Waals surface area contributed by atoms with Crippen LogP contribution in [0, 0.1) is 0 Å². The number of rotatable bonds is 3. The van der Waals surface area contributed by atoms with Crippen molar-refractivity contribution in [3.05, 3.63) is 42.1 Å². The number of hydrogen-bond acceptors (Lipinski definition) is 4. The molecule has 0 bridgehead atoms. The lowest BCUT2D eigenvalue weighted by atomic mass is 10.3. The second kappa shape index (κ2) is 4.34. The molecule has 0 saturated carbocycles. The Kier molecular flexibility index (Phi) is 2.89. The van der Waals surface area contributed by atoms with Gasteiger partial charge in [-0.3, -0.25) is 0 Å². The van der Waals surface area contributed by atoms with Crippen molar-refractivity contribution >= 4 is 0 Å². The Hall–Kier alpha value is -1.85. The van der Waals surface area contributed by atoms with E-state index in [0.29, 0.717) is 11.6 Å². The van der Waals surface area contributed by atoms with E-state index >= 15 is 0 Å². The monoisotopic (exact) mass is 220 g/mol. The average molecular weight is 220 g/mol. The first-order chi connectivity index (χ1) is 7.68. The first kappa shape index (κ1) is 10.7. The standard InChI is InChI=1S/C11H12N2O3/c1-13-10(9(7-12-13)11(14)15)16-8-5-3-2-4-6-8/h2-7,11,14-15H,1H3. The molecule has 0 aliphatic carbocycles. The average Bonchev–Trinajstić information content (AvgIpc) is 2.62. The number of hydrogen-bond donors (Lipinski definition) is 2. The summed E-state index contributed by atoms with van der Waals surface area (Å²) in [6, 6.07) is 9.10. The van der Waals surface area contributed by atoms with Gasteiger partial charge in [-0.15, -0.1) is 0 Å². The maximum Gasteiger partial charge on any atom is 0.225 e. The third-order valence-electron chi connectivity index (χ3n) is 2.15. The summed E-state index contributed by atoms with van der Waals surface area (Å²) in [6.45, 7) is 0. The first-order valence-electron chi connectivity index (χ1n) is 4.79. The van der Waals surface area contributed by atoms with Crippen molar-refractivity contribution in [1.82, 2.24) is 9.78 Å². The molecule has 5 nitrogen and oxygen atoms in total. The van der Waals surface area contributed by atoms with Crippen molar-refractivity contribution in [3.8, 4) is 11.6 Å². The highest BCUT2D eigenvalue weighted by Gasteiger charge is 2.16. The zero-order chi connectivity index (χ0) is 11.5. The van der Waals surface area contributed by atoms with Gasteiger partial charge in [-0.1, -0.05) is 18.2 Å². The number of para-hydroxylation sites is 1. The molecule has 84 valence electrons. The van der Waals surface area contributed by atoms with Crippen molar-refractivity contribution in [2.45, 2.75) is 6.29 Å². The topological polar surface area (TPSA) is 67.5 Å². The lowest BCUT2D eigenvalue weighted by Gasteiger charge is -2.09. The van der Waals surface area contributed by atoms with Gasteiger partial charge in [0, 0.05) is 7.05 Å². The van der Waals surface area contributed by atoms with E-state index in [1.807, 2.05) is 18.2 Å². The predicted molar refractivity (Wildman–Crippen MR) is 56.9 cm³/mol. The van der Waals surface area contributed by atoms with E-state index in [9.17, 15) is 0 Å². The Bertz CT molecular complexity index is 465. The molecule has 0 aliphatic rings. The molecule has 0 radical (unpaired) electrons. The largest absolute Gasteiger partial charge is 0.439 e. The molecule has 16 heavy (non-hydrogen) atoms. The molecule has 2 aromatic rings. The SMILES string of the molecule is Cn1ncc(C(O)O)c1Oc1ccccc1. The van der Waals surface area contributed by atoms with Crippen LogP contribution in [-0.2, 0) is 7.05 Å². The van der Waals surface area contributed by atoms with Gasteiger partial charge in [0.15, 0.2) is 6.29 Å². The van der Waals surface area contributed by atoms with Crippen LogP contribution in [0.5, 0.6) is 11.6 Å². The molecule has 0 saturated heterocycles. The molecule has 1 heterocycles. The Labute approximate surface area is 92.5 Å². The second-order valence-electron chi connectivity index (χ2n) is 3.32. The fourth-order valence-corrected chi connectivity index (χ4v) is 1.35. The van der Waals surface area contributed by atoms with Crippen LogP contribution in [-0.4, -0.2) is 20.0 Å². The zero-order valence-corrected chi connectivity index (χ0v) is 8.74. The van der Waals surface area contributed by atoms with E-state index in [1.165, 1.54) is 10.9 Å². The molecule has 1 aromatic carbocycles. The van der Waals surface area contributed by atoms with Gasteiger partial charge < -0.3 is 14.9 Å². The van der Waals surface area contributed by atoms with Gasteiger partial charge >= 0.3 is 0 Å². The molecular formula is C11H12N2O3. The van der Waals surface area contributed by atoms with E-state index in [0.717, 1.165) is 0 Å². The van der Waals surface area contributed by atoms with Gasteiger partial charge in [-0.25, -0.2) is 4.68 Å². The lowest BCUT2D eigenvalue weighted by molar-refractivity contribution is -0.0437. The summed E-state index contributed by atoms with van der Waals surface area (Å²) < 4.78 is 6.97. The number of aliphatic hydroxyl groups is 2. The van der Waals surface area contributed by atoms with Crippen molar-refractivity contribution in [1.29, 1.82) is 0 Å². The minimum atomic E-state index is -1.59. The van der Waals surface area contributed by atoms with Gasteiger partial charge in [-0.2, -0.15) is 5.10 Å². The van der Waals surface area contributed by atoms with Gasteiger partial charge in [0.2, 0.25) is 5.88 Å². The van der Waals surface area contributed by atoms with E-state index < -0.39 is 6.29 Å². The van der Waals surface area contributed by atoms with E-state index in [1.54, 1.807) is 19.2 Å². The maximum atomic E-state index is 9.12. The smallest absolute Gasteiger partial charge is 0.225 e. The third-order valence-corrected chi connectivity index (χ3v) is 2.15. The molecule has 1 aromatic heterocycles. The number of aryl methyl sites for hydroxylation is 1. The maximum absolute atomic E-state index is 9.12. The zero-order valence-electron chi connectivity index (χ0n) is 8.74. The quantitative estimate of drug-likeness (QED) is 0.762. The Morgan fingerprint density at radius 2 is 1.94 bits per heavy atom. The van der Waals surface area contributed by atoms with E-state index in [4.69, 9.17) is 14.9 Å². The van der Waals surface area contributed by atoms with Crippen molar-refractivity contribution < 1.29 is 14.9 Å². The number of aliphatic hydroxyl groups excluding tert-OH is 1. The first-order valence-corrected chi connectivity index (χ1v) is 4.79. The molecule has 0 aliphatic heterocycles. The number of ether oxygens (including phenoxy) is 1. The van der Waals surface area contributed by atoms with Gasteiger partial charge in [-0.05, 0) is 12.1 Å². The molecule has 0 fully saturated rings. The number of nitrogens with zero attached hydrogens (tertiary/aromatic N) is 2. The summed E-state index contributed by atoms with van der Waals surface area (Å²) in [5.74, 6) is 0.939.